The van der Waals surface area contributed by atoms with E-state index in [9.17, 15) is 14.4 Å². The molecule has 3 amide bonds. The number of nitrogens with one attached hydrogen (secondary N) is 1. The molecule has 270 valence electrons. The molecule has 0 bridgehead atoms. The molecule has 0 spiro atoms. The van der Waals surface area contributed by atoms with Gasteiger partial charge in [0.1, 0.15) is 17.0 Å². The molecular weight excluding hydrogens is 677 g/mol. The van der Waals surface area contributed by atoms with Crippen LogP contribution in [0.1, 0.15) is 62.0 Å². The summed E-state index contributed by atoms with van der Waals surface area (Å²) in [5.74, 6) is -1.79. The van der Waals surface area contributed by atoms with Crippen molar-refractivity contribution in [2.45, 2.75) is 60.8 Å². The zero-order chi connectivity index (χ0) is 37.7. The molecule has 0 fully saturated rings. The van der Waals surface area contributed by atoms with Gasteiger partial charge in [-0.1, -0.05) is 12.2 Å². The molecule has 0 saturated heterocycles. The SMILES string of the molecule is CCn1nc(C)cc1C(=O)Nc1nc2cc(C(N)=O)cc(C)c2n1C/C=C/Cn1c2ccc(C(N)=O)cc2c2cc(F)c(-c3cc(C)nn3CC)nc21. The van der Waals surface area contributed by atoms with E-state index in [4.69, 9.17) is 21.4 Å². The molecule has 5 heterocycles. The number of carbonyl (C=O) groups is 3. The van der Waals surface area contributed by atoms with Crippen LogP contribution in [0.5, 0.6) is 0 Å². The number of hydrogen-bond acceptors (Lipinski definition) is 7. The number of rotatable bonds is 11. The number of primary amides is 2. The highest BCUT2D eigenvalue weighted by Crippen LogP contribution is 2.33. The van der Waals surface area contributed by atoms with Gasteiger partial charge >= 0.3 is 0 Å². The quantitative estimate of drug-likeness (QED) is 0.149. The fraction of sp³-hybridized carbons (Fsp3) is 0.237. The van der Waals surface area contributed by atoms with Crippen LogP contribution in [-0.4, -0.2) is 56.4 Å². The topological polar surface area (TPSA) is 187 Å². The molecule has 0 radical (unpaired) electrons. The minimum Gasteiger partial charge on any atom is -0.366 e. The minimum atomic E-state index is -0.594. The lowest BCUT2D eigenvalue weighted by molar-refractivity contribution is 0.0992. The van der Waals surface area contributed by atoms with E-state index in [1.165, 1.54) is 6.07 Å². The van der Waals surface area contributed by atoms with Crippen LogP contribution in [0.4, 0.5) is 10.3 Å². The Morgan fingerprint density at radius 1 is 0.792 bits per heavy atom. The molecule has 7 aromatic rings. The number of aryl methyl sites for hydroxylation is 5. The zero-order valence-electron chi connectivity index (χ0n) is 29.9. The third-order valence-electron chi connectivity index (χ3n) is 9.24. The van der Waals surface area contributed by atoms with Crippen molar-refractivity contribution < 1.29 is 18.8 Å². The van der Waals surface area contributed by atoms with Gasteiger partial charge in [0, 0.05) is 48.1 Å². The second-order valence-corrected chi connectivity index (χ2v) is 12.9. The van der Waals surface area contributed by atoms with E-state index in [1.807, 2.05) is 55.9 Å². The van der Waals surface area contributed by atoms with Crippen LogP contribution < -0.4 is 16.8 Å². The van der Waals surface area contributed by atoms with E-state index in [-0.39, 0.29) is 17.5 Å². The summed E-state index contributed by atoms with van der Waals surface area (Å²) in [6, 6.07) is 13.3. The van der Waals surface area contributed by atoms with Gasteiger partial charge in [0.2, 0.25) is 17.8 Å². The van der Waals surface area contributed by atoms with Crippen LogP contribution in [0.3, 0.4) is 0 Å². The minimum absolute atomic E-state index is 0.166. The van der Waals surface area contributed by atoms with Gasteiger partial charge in [0.05, 0.1) is 33.6 Å². The molecule has 14 nitrogen and oxygen atoms in total. The Morgan fingerprint density at radius 3 is 2.17 bits per heavy atom. The van der Waals surface area contributed by atoms with E-state index >= 15 is 4.39 Å². The molecule has 53 heavy (non-hydrogen) atoms. The largest absolute Gasteiger partial charge is 0.366 e. The lowest BCUT2D eigenvalue weighted by atomic mass is 10.1. The van der Waals surface area contributed by atoms with Crippen LogP contribution in [0.15, 0.2) is 60.7 Å². The van der Waals surface area contributed by atoms with Crippen molar-refractivity contribution in [3.05, 3.63) is 100 Å². The van der Waals surface area contributed by atoms with Crippen LogP contribution in [0, 0.1) is 26.6 Å². The molecule has 0 unspecified atom stereocenters. The molecule has 0 saturated carbocycles. The maximum absolute atomic E-state index is 15.8. The Morgan fingerprint density at radius 2 is 1.47 bits per heavy atom. The highest BCUT2D eigenvalue weighted by molar-refractivity contribution is 6.10. The van der Waals surface area contributed by atoms with Gasteiger partial charge in [-0.25, -0.2) is 14.4 Å². The average molecular weight is 716 g/mol. The summed E-state index contributed by atoms with van der Waals surface area (Å²) in [4.78, 5) is 47.2. The van der Waals surface area contributed by atoms with Crippen molar-refractivity contribution in [3.63, 3.8) is 0 Å². The van der Waals surface area contributed by atoms with Crippen LogP contribution in [-0.2, 0) is 26.2 Å². The average Bonchev–Trinajstić information content (AvgIpc) is 3.87. The predicted molar refractivity (Wildman–Crippen MR) is 200 cm³/mol. The highest BCUT2D eigenvalue weighted by atomic mass is 19.1. The fourth-order valence-electron chi connectivity index (χ4n) is 6.87. The molecule has 0 atom stereocenters. The number of nitrogens with zero attached hydrogens (tertiary/aromatic N) is 8. The molecule has 7 rings (SSSR count). The van der Waals surface area contributed by atoms with Crippen LogP contribution >= 0.6 is 0 Å². The molecule has 2 aromatic carbocycles. The van der Waals surface area contributed by atoms with Gasteiger partial charge < -0.3 is 20.6 Å². The summed E-state index contributed by atoms with van der Waals surface area (Å²) in [6.45, 7) is 11.0. The van der Waals surface area contributed by atoms with Crippen LogP contribution in [0.25, 0.3) is 44.4 Å². The highest BCUT2D eigenvalue weighted by Gasteiger charge is 2.22. The first-order chi connectivity index (χ1) is 25.4. The number of hydrogen-bond donors (Lipinski definition) is 3. The van der Waals surface area contributed by atoms with Crippen molar-refractivity contribution in [1.29, 1.82) is 0 Å². The maximum Gasteiger partial charge on any atom is 0.276 e. The predicted octanol–water partition coefficient (Wildman–Crippen LogP) is 5.41. The fourth-order valence-corrected chi connectivity index (χ4v) is 6.87. The van der Waals surface area contributed by atoms with Crippen molar-refractivity contribution in [1.82, 2.24) is 38.7 Å². The number of allylic oxidation sites excluding steroid dienone is 2. The first-order valence-electron chi connectivity index (χ1n) is 17.2. The van der Waals surface area contributed by atoms with Gasteiger partial charge in [-0.3, -0.25) is 29.1 Å². The lowest BCUT2D eigenvalue weighted by Crippen LogP contribution is -2.20. The number of fused-ring (bicyclic) bond motifs is 4. The van der Waals surface area contributed by atoms with Gasteiger partial charge in [-0.2, -0.15) is 10.2 Å². The summed E-state index contributed by atoms with van der Waals surface area (Å²) < 4.78 is 22.9. The second kappa shape index (κ2) is 13.5. The lowest BCUT2D eigenvalue weighted by Gasteiger charge is -2.11. The summed E-state index contributed by atoms with van der Waals surface area (Å²) in [6.07, 6.45) is 3.86. The third-order valence-corrected chi connectivity index (χ3v) is 9.24. The molecule has 5 N–H and O–H groups in total. The summed E-state index contributed by atoms with van der Waals surface area (Å²) in [7, 11) is 0. The molecule has 0 aliphatic carbocycles. The number of amides is 3. The van der Waals surface area contributed by atoms with Crippen LogP contribution in [0.2, 0.25) is 0 Å². The van der Waals surface area contributed by atoms with Gasteiger partial charge in [-0.05, 0) is 88.7 Å². The van der Waals surface area contributed by atoms with Gasteiger partial charge in [0.15, 0.2) is 5.82 Å². The summed E-state index contributed by atoms with van der Waals surface area (Å²) in [5, 5.41) is 13.0. The van der Waals surface area contributed by atoms with Crippen molar-refractivity contribution >= 4 is 56.6 Å². The number of pyridine rings is 1. The monoisotopic (exact) mass is 715 g/mol. The third kappa shape index (κ3) is 6.19. The number of nitrogens with two attached hydrogens (primary N) is 2. The van der Waals surface area contributed by atoms with E-state index < -0.39 is 17.6 Å². The Bertz CT molecular complexity index is 2660. The van der Waals surface area contributed by atoms with E-state index in [1.54, 1.807) is 51.8 Å². The Hall–Kier alpha value is -6.64. The van der Waals surface area contributed by atoms with Gasteiger partial charge in [0.25, 0.3) is 5.91 Å². The summed E-state index contributed by atoms with van der Waals surface area (Å²) in [5.41, 5.74) is 17.6. The molecule has 0 aliphatic rings. The van der Waals surface area contributed by atoms with E-state index in [2.05, 4.69) is 15.5 Å². The van der Waals surface area contributed by atoms with Gasteiger partial charge in [-0.15, -0.1) is 0 Å². The Labute approximate surface area is 302 Å². The molecule has 15 heteroatoms. The summed E-state index contributed by atoms with van der Waals surface area (Å²) >= 11 is 0. The van der Waals surface area contributed by atoms with E-state index in [0.717, 1.165) is 22.3 Å². The number of halogens is 1. The first-order valence-corrected chi connectivity index (χ1v) is 17.2. The van der Waals surface area contributed by atoms with Crippen molar-refractivity contribution in [2.24, 2.45) is 11.5 Å². The Balaban J connectivity index is 1.29. The number of aromatic nitrogens is 8. The maximum atomic E-state index is 15.8. The Kier molecular flexibility index (Phi) is 8.85. The second-order valence-electron chi connectivity index (χ2n) is 12.9. The van der Waals surface area contributed by atoms with E-state index in [0.29, 0.717) is 76.3 Å². The molecule has 5 aromatic heterocycles. The normalized spacial score (nSPS) is 11.8. The number of carbonyl (C=O) groups excluding carboxylic acids is 3. The number of benzene rings is 2. The number of imidazole rings is 1. The zero-order valence-corrected chi connectivity index (χ0v) is 29.9. The smallest absolute Gasteiger partial charge is 0.276 e. The molecular formula is C38H38FN11O3. The van der Waals surface area contributed by atoms with Crippen molar-refractivity contribution in [2.75, 3.05) is 5.32 Å². The number of anilines is 1. The molecule has 0 aliphatic heterocycles. The standard InChI is InChI=1S/C38H38FN11O3/c1-6-49-30(15-21(4)45-49)32-27(39)19-26-25-17-23(34(40)51)10-11-29(25)47(36(26)43-32)12-8-9-13-48-33-20(3)14-24(35(41)52)18-28(33)42-38(48)44-37(53)31-16-22(5)46-50(31)7-2/h8-11,14-19H,6-7,12-13H2,1-5H3,(H2,40,51)(H2,41,52)(H,42,44,53)/b9-8+. The van der Waals surface area contributed by atoms with Crippen molar-refractivity contribution in [3.8, 4) is 11.4 Å². The first kappa shape index (κ1) is 34.8.